The normalized spacial score (nSPS) is 11.4. The second kappa shape index (κ2) is 24.7. The summed E-state index contributed by atoms with van der Waals surface area (Å²) in [5, 5.41) is 8.01. The van der Waals surface area contributed by atoms with Crippen molar-refractivity contribution < 1.29 is 28.6 Å². The van der Waals surface area contributed by atoms with E-state index in [1.165, 1.54) is 21.3 Å². The molecule has 0 saturated carbocycles. The van der Waals surface area contributed by atoms with Gasteiger partial charge in [-0.1, -0.05) is 55.2 Å². The van der Waals surface area contributed by atoms with Crippen LogP contribution in [0.4, 0.5) is 32.0 Å². The Labute approximate surface area is 407 Å². The minimum atomic E-state index is -2.27. The fourth-order valence-electron chi connectivity index (χ4n) is 3.58. The van der Waals surface area contributed by atoms with Crippen LogP contribution in [0.1, 0.15) is 17.0 Å². The summed E-state index contributed by atoms with van der Waals surface area (Å²) in [6.07, 6.45) is -8.62. The highest BCUT2D eigenvalue weighted by Crippen LogP contribution is 2.28. The Bertz CT molecular complexity index is 2350. The number of amides is 3. The summed E-state index contributed by atoms with van der Waals surface area (Å²) in [5.74, 6) is 0.623. The van der Waals surface area contributed by atoms with Crippen molar-refractivity contribution in [3.05, 3.63) is 29.1 Å². The second-order valence-electron chi connectivity index (χ2n) is 9.62. The quantitative estimate of drug-likeness (QED) is 0.0576. The first-order valence-electron chi connectivity index (χ1n) is 13.7. The number of rotatable bonds is 9. The highest BCUT2D eigenvalue weighted by molar-refractivity contribution is 8.93. The highest BCUT2D eigenvalue weighted by Gasteiger charge is 2.15. The fourth-order valence-corrected chi connectivity index (χ4v) is 18.4. The van der Waals surface area contributed by atoms with Gasteiger partial charge in [-0.15, -0.1) is 0 Å². The first kappa shape index (κ1) is 56.0. The number of hydrogen-bond donors (Lipinski definition) is 6. The smallest absolute Gasteiger partial charge is 0.413 e. The van der Waals surface area contributed by atoms with Crippen LogP contribution in [-0.2, 0) is 191 Å². The molecule has 0 bridgehead atoms. The van der Waals surface area contributed by atoms with Crippen molar-refractivity contribution in [3.8, 4) is 0 Å². The molecule has 3 rings (SSSR count). The standard InChI is InChI=1S/2C8H9N2O2S7.C7H8N3O2S7/c1-4-7(18(13)14)5(19(15,16)17)3-6(9-4)10-8(11)12-2;1-4-3-5(10-8(11)12-2)9-7(19(15,16)17)6(4)18(13)14;1-3-4(18(13)14)5(19(15,16)17)9-6(8-3)10-7(11)12-2/h2*3H,1-2H3,(H,9,10,11)(H,15,16,17);1-2H3,(H,15,16,17)(H,8,9,10,11)/q3*-1. The van der Waals surface area contributed by atoms with Gasteiger partial charge in [-0.25, -0.2) is 34.3 Å². The maximum absolute atomic E-state index is 11.2. The Kier molecular flexibility index (Phi) is 24.3. The van der Waals surface area contributed by atoms with Gasteiger partial charge in [-0.3, -0.25) is 83.1 Å². The van der Waals surface area contributed by atoms with Crippen LogP contribution in [0, 0.1) is 20.8 Å². The van der Waals surface area contributed by atoms with E-state index in [0.717, 1.165) is 5.56 Å². The predicted octanol–water partition coefficient (Wildman–Crippen LogP) is 4.65. The number of nitrogens with one attached hydrogen (secondary N) is 3. The van der Waals surface area contributed by atoms with Crippen molar-refractivity contribution in [2.45, 2.75) is 50.4 Å². The number of hydrogen-bond acceptors (Lipinski definition) is 25. The number of ether oxygens (including phenoxy) is 3. The second-order valence-corrected chi connectivity index (χ2v) is 44.5. The summed E-state index contributed by atoms with van der Waals surface area (Å²) in [6, 6.07) is 3.22. The molecular formula is C23H26N7O6S21-3. The van der Waals surface area contributed by atoms with E-state index in [9.17, 15) is 14.4 Å². The maximum atomic E-state index is 11.2. The van der Waals surface area contributed by atoms with Crippen molar-refractivity contribution in [2.24, 2.45) is 0 Å². The van der Waals surface area contributed by atoms with Gasteiger partial charge >= 0.3 is 18.3 Å². The third-order valence-corrected chi connectivity index (χ3v) is 18.7. The van der Waals surface area contributed by atoms with Gasteiger partial charge in [0.1, 0.15) is 16.7 Å². The minimum absolute atomic E-state index is 0.0409. The van der Waals surface area contributed by atoms with Gasteiger partial charge in [0, 0.05) is 28.6 Å². The molecule has 0 fully saturated rings. The van der Waals surface area contributed by atoms with E-state index in [1.54, 1.807) is 26.0 Å². The van der Waals surface area contributed by atoms with Crippen LogP contribution in [0.5, 0.6) is 0 Å². The third-order valence-electron chi connectivity index (χ3n) is 5.74. The van der Waals surface area contributed by atoms with Gasteiger partial charge in [0.25, 0.3) is 0 Å². The Morgan fingerprint density at radius 3 is 1.33 bits per heavy atom. The molecule has 3 heterocycles. The van der Waals surface area contributed by atoms with Gasteiger partial charge in [0.15, 0.2) is 0 Å². The molecule has 0 radical (unpaired) electrons. The number of anilines is 3. The van der Waals surface area contributed by atoms with Crippen LogP contribution >= 0.6 is 35.0 Å². The topological polar surface area (TPSA) is 167 Å². The number of carbonyl (C=O) groups excluding carboxylic acids is 3. The van der Waals surface area contributed by atoms with Crippen molar-refractivity contribution in [2.75, 3.05) is 37.3 Å². The van der Waals surface area contributed by atoms with E-state index >= 15 is 0 Å². The van der Waals surface area contributed by atoms with Crippen molar-refractivity contribution in [3.63, 3.8) is 0 Å². The fraction of sp³-hybridized carbons (Fsp3) is 0.261. The SMILES string of the molecule is COC(=O)Nc1cc(C)c([S-](=S)=S)c(S(=S)(=S)S)n1.COC(=O)Nc1cc(S(=S)(=S)S)c([S-](=S)=S)c(C)n1.COC(=O)Nc1nc(C)c([S-](=S)=S)c(S(=S)(=S)S)n1. The Balaban J connectivity index is 0.000000427. The van der Waals surface area contributed by atoms with Crippen LogP contribution < -0.4 is 16.0 Å². The van der Waals surface area contributed by atoms with Crippen molar-refractivity contribution in [1.29, 1.82) is 0 Å². The van der Waals surface area contributed by atoms with Gasteiger partial charge in [-0.05, 0) is 106 Å². The summed E-state index contributed by atoms with van der Waals surface area (Å²) < 4.78 is 13.5. The summed E-state index contributed by atoms with van der Waals surface area (Å²) >= 11 is 74.5. The largest absolute Gasteiger partial charge is 0.453 e. The molecule has 0 unspecified atom stereocenters. The molecule has 0 aliphatic rings. The number of aryl methyl sites for hydroxylation is 3. The summed E-state index contributed by atoms with van der Waals surface area (Å²) in [5.41, 5.74) is 1.91. The van der Waals surface area contributed by atoms with Crippen molar-refractivity contribution >= 4 is 248 Å². The first-order chi connectivity index (χ1) is 26.0. The molecular weight excluding hydrogens is 1140 g/mol. The molecule has 0 aromatic carbocycles. The summed E-state index contributed by atoms with van der Waals surface area (Å²) in [6.45, 7) is 5.25. The minimum Gasteiger partial charge on any atom is -0.453 e. The Morgan fingerprint density at radius 2 is 0.947 bits per heavy atom. The zero-order valence-electron chi connectivity index (χ0n) is 29.1. The van der Waals surface area contributed by atoms with Crippen LogP contribution in [-0.4, -0.2) is 59.5 Å². The number of nitrogens with zero attached hydrogens (tertiary/aromatic N) is 4. The molecule has 0 spiro atoms. The van der Waals surface area contributed by atoms with Gasteiger partial charge in [0.05, 0.1) is 26.4 Å². The lowest BCUT2D eigenvalue weighted by molar-refractivity contribution is 0.186. The van der Waals surface area contributed by atoms with Crippen molar-refractivity contribution in [1.82, 2.24) is 19.9 Å². The first-order valence-corrected chi connectivity index (χ1v) is 36.5. The number of thiol groups is 3. The molecule has 318 valence electrons. The number of aromatic nitrogens is 4. The van der Waals surface area contributed by atoms with E-state index in [-0.39, 0.29) is 5.95 Å². The van der Waals surface area contributed by atoms with Crippen LogP contribution in [0.3, 0.4) is 0 Å². The van der Waals surface area contributed by atoms with Gasteiger partial charge < -0.3 is 38.3 Å². The van der Waals surface area contributed by atoms with E-state index < -0.39 is 60.9 Å². The molecule has 0 atom stereocenters. The molecule has 0 saturated heterocycles. The molecule has 0 aliphatic carbocycles. The third kappa shape index (κ3) is 18.3. The zero-order chi connectivity index (χ0) is 44.4. The van der Waals surface area contributed by atoms with Crippen LogP contribution in [0.15, 0.2) is 41.8 Å². The van der Waals surface area contributed by atoms with Crippen LogP contribution in [0.25, 0.3) is 0 Å². The summed E-state index contributed by atoms with van der Waals surface area (Å²) in [4.78, 5) is 52.7. The molecule has 57 heavy (non-hydrogen) atoms. The Hall–Kier alpha value is 0.980. The average molecular weight is 1170 g/mol. The van der Waals surface area contributed by atoms with Gasteiger partial charge in [0.2, 0.25) is 5.95 Å². The lowest BCUT2D eigenvalue weighted by Gasteiger charge is -2.18. The molecule has 34 heteroatoms. The molecule has 3 aromatic heterocycles. The number of carbonyl (C=O) groups is 3. The number of methoxy groups -OCH3 is 3. The molecule has 3 aromatic rings. The Morgan fingerprint density at radius 1 is 0.561 bits per heavy atom. The molecule has 13 nitrogen and oxygen atoms in total. The zero-order valence-corrected chi connectivity index (χ0v) is 46.5. The van der Waals surface area contributed by atoms with E-state index in [4.69, 9.17) is 134 Å². The molecule has 3 N–H and O–H groups in total. The number of pyridine rings is 2. The maximum Gasteiger partial charge on any atom is 0.413 e. The van der Waals surface area contributed by atoms with Crippen LogP contribution in [0.2, 0.25) is 0 Å². The van der Waals surface area contributed by atoms with Gasteiger partial charge in [-0.2, -0.15) is 0 Å². The average Bonchev–Trinajstić information content (AvgIpc) is 3.06. The molecule has 0 aliphatic heterocycles. The predicted molar refractivity (Wildman–Crippen MR) is 282 cm³/mol. The highest BCUT2D eigenvalue weighted by atomic mass is 33.5. The van der Waals surface area contributed by atoms with E-state index in [2.05, 4.69) is 85.1 Å². The molecule has 3 amide bonds. The lowest BCUT2D eigenvalue weighted by atomic mass is 10.3. The lowest BCUT2D eigenvalue weighted by Crippen LogP contribution is -2.16. The van der Waals surface area contributed by atoms with E-state index in [1.807, 2.05) is 6.92 Å². The van der Waals surface area contributed by atoms with E-state index in [0.29, 0.717) is 52.7 Å². The summed E-state index contributed by atoms with van der Waals surface area (Å²) in [7, 11) is 1.07. The monoisotopic (exact) mass is 1170 g/mol.